The van der Waals surface area contributed by atoms with Crippen molar-refractivity contribution >= 4 is 0 Å². The average Bonchev–Trinajstić information content (AvgIpc) is 1.80. The summed E-state index contributed by atoms with van der Waals surface area (Å²) in [4.78, 5) is 0. The Balaban J connectivity index is 2.35. The first-order chi connectivity index (χ1) is 4.20. The van der Waals surface area contributed by atoms with E-state index in [0.717, 1.165) is 0 Å². The molecule has 1 saturated carbocycles. The minimum Gasteiger partial charge on any atom is -0.390 e. The second kappa shape index (κ2) is 2.60. The first-order valence-corrected chi connectivity index (χ1v) is 3.16. The van der Waals surface area contributed by atoms with Crippen molar-refractivity contribution in [3.63, 3.8) is 0 Å². The number of hydrogen-bond acceptors (Lipinski definition) is 1. The minimum atomic E-state index is -1.20. The topological polar surface area (TPSA) is 20.2 Å². The molecule has 9 heavy (non-hydrogen) atoms. The largest absolute Gasteiger partial charge is 0.390 e. The van der Waals surface area contributed by atoms with Crippen LogP contribution < -0.4 is 0 Å². The Labute approximate surface area is 52.7 Å². The molecule has 0 aromatic rings. The van der Waals surface area contributed by atoms with Gasteiger partial charge in [0.05, 0.1) is 6.10 Å². The van der Waals surface area contributed by atoms with E-state index in [1.807, 2.05) is 0 Å². The fraction of sp³-hybridized carbons (Fsp3) is 1.00. The number of halogens is 2. The Kier molecular flexibility index (Phi) is 2.01. The molecule has 1 nitrogen and oxygen atoms in total. The predicted octanol–water partition coefficient (Wildman–Crippen LogP) is 1.21. The number of alkyl halides is 2. The van der Waals surface area contributed by atoms with Crippen LogP contribution in [0, 0.1) is 0 Å². The monoisotopic (exact) mass is 136 g/mol. The van der Waals surface area contributed by atoms with Crippen LogP contribution >= 0.6 is 0 Å². The Bertz CT molecular complexity index is 97.1. The Morgan fingerprint density at radius 3 is 2.33 bits per heavy atom. The van der Waals surface area contributed by atoms with Crippen LogP contribution in [0.4, 0.5) is 8.78 Å². The lowest BCUT2D eigenvalue weighted by Crippen LogP contribution is -2.31. The lowest BCUT2D eigenvalue weighted by Gasteiger charge is -2.23. The first kappa shape index (κ1) is 6.93. The summed E-state index contributed by atoms with van der Waals surface area (Å²) >= 11 is 0. The van der Waals surface area contributed by atoms with Crippen LogP contribution in [0.5, 0.6) is 0 Å². The lowest BCUT2D eigenvalue weighted by atomic mass is 9.95. The van der Waals surface area contributed by atoms with Gasteiger partial charge < -0.3 is 5.11 Å². The Hall–Kier alpha value is -0.180. The Morgan fingerprint density at radius 2 is 1.89 bits per heavy atom. The molecule has 0 saturated heterocycles. The molecule has 0 bridgehead atoms. The maximum atomic E-state index is 12.3. The highest BCUT2D eigenvalue weighted by Crippen LogP contribution is 2.23. The minimum absolute atomic E-state index is 0.0266. The molecule has 1 aliphatic carbocycles. The van der Waals surface area contributed by atoms with Gasteiger partial charge in [-0.15, -0.1) is 0 Å². The van der Waals surface area contributed by atoms with Gasteiger partial charge in [-0.05, 0) is 12.8 Å². The van der Waals surface area contributed by atoms with E-state index in [-0.39, 0.29) is 19.3 Å². The molecule has 0 aliphatic heterocycles. The van der Waals surface area contributed by atoms with E-state index in [1.54, 1.807) is 0 Å². The van der Waals surface area contributed by atoms with Crippen molar-refractivity contribution in [2.45, 2.75) is 37.7 Å². The smallest absolute Gasteiger partial charge is 0.126 e. The van der Waals surface area contributed by atoms with Gasteiger partial charge in [-0.25, -0.2) is 8.78 Å². The van der Waals surface area contributed by atoms with Crippen molar-refractivity contribution in [3.05, 3.63) is 0 Å². The number of aliphatic hydroxyl groups excluding tert-OH is 1. The molecule has 0 aromatic heterocycles. The molecular weight excluding hydrogens is 126 g/mol. The van der Waals surface area contributed by atoms with Gasteiger partial charge in [0, 0.05) is 6.42 Å². The third-order valence-electron chi connectivity index (χ3n) is 1.67. The molecule has 0 amide bonds. The molecule has 0 spiro atoms. The van der Waals surface area contributed by atoms with Gasteiger partial charge in [-0.2, -0.15) is 0 Å². The van der Waals surface area contributed by atoms with Crippen molar-refractivity contribution in [2.75, 3.05) is 0 Å². The van der Waals surface area contributed by atoms with Crippen LogP contribution in [0.2, 0.25) is 0 Å². The van der Waals surface area contributed by atoms with Gasteiger partial charge in [0.2, 0.25) is 0 Å². The van der Waals surface area contributed by atoms with Crippen LogP contribution in [0.25, 0.3) is 0 Å². The summed E-state index contributed by atoms with van der Waals surface area (Å²) in [6, 6.07) is 0. The summed E-state index contributed by atoms with van der Waals surface area (Å²) in [5.41, 5.74) is 0. The highest BCUT2D eigenvalue weighted by Gasteiger charge is 2.28. The zero-order chi connectivity index (χ0) is 6.85. The zero-order valence-electron chi connectivity index (χ0n) is 5.06. The third kappa shape index (κ3) is 1.61. The molecule has 1 N–H and O–H groups in total. The predicted molar refractivity (Wildman–Crippen MR) is 29.6 cm³/mol. The van der Waals surface area contributed by atoms with Crippen molar-refractivity contribution < 1.29 is 13.9 Å². The molecule has 3 heteroatoms. The maximum Gasteiger partial charge on any atom is 0.126 e. The SMILES string of the molecule is OC1CC(F)CCC1F. The summed E-state index contributed by atoms with van der Waals surface area (Å²) in [5.74, 6) is 0. The van der Waals surface area contributed by atoms with Gasteiger partial charge in [0.25, 0.3) is 0 Å². The van der Waals surface area contributed by atoms with E-state index in [0.29, 0.717) is 0 Å². The molecular formula is C6H10F2O. The standard InChI is InChI=1S/C6H10F2O/c7-4-1-2-5(8)6(9)3-4/h4-6,9H,1-3H2. The quantitative estimate of drug-likeness (QED) is 0.530. The fourth-order valence-corrected chi connectivity index (χ4v) is 1.06. The van der Waals surface area contributed by atoms with E-state index in [4.69, 9.17) is 5.11 Å². The second-order valence-corrected chi connectivity index (χ2v) is 2.49. The van der Waals surface area contributed by atoms with Crippen LogP contribution in [0.1, 0.15) is 19.3 Å². The van der Waals surface area contributed by atoms with Gasteiger partial charge in [0.15, 0.2) is 0 Å². The number of hydrogen-bond donors (Lipinski definition) is 1. The van der Waals surface area contributed by atoms with Crippen LogP contribution in [-0.2, 0) is 0 Å². The molecule has 0 heterocycles. The van der Waals surface area contributed by atoms with E-state index < -0.39 is 18.4 Å². The molecule has 3 unspecified atom stereocenters. The summed E-state index contributed by atoms with van der Waals surface area (Å²) in [5, 5.41) is 8.73. The highest BCUT2D eigenvalue weighted by molar-refractivity contribution is 4.78. The summed E-state index contributed by atoms with van der Waals surface area (Å²) < 4.78 is 24.6. The van der Waals surface area contributed by atoms with E-state index in [1.165, 1.54) is 0 Å². The molecule has 3 atom stereocenters. The molecule has 1 aliphatic rings. The lowest BCUT2D eigenvalue weighted by molar-refractivity contribution is 0.0132. The number of rotatable bonds is 0. The van der Waals surface area contributed by atoms with Gasteiger partial charge >= 0.3 is 0 Å². The third-order valence-corrected chi connectivity index (χ3v) is 1.67. The number of aliphatic hydroxyl groups is 1. The first-order valence-electron chi connectivity index (χ1n) is 3.16. The van der Waals surface area contributed by atoms with Crippen LogP contribution in [0.15, 0.2) is 0 Å². The van der Waals surface area contributed by atoms with Gasteiger partial charge in [-0.1, -0.05) is 0 Å². The van der Waals surface area contributed by atoms with E-state index >= 15 is 0 Å². The van der Waals surface area contributed by atoms with Gasteiger partial charge in [-0.3, -0.25) is 0 Å². The zero-order valence-corrected chi connectivity index (χ0v) is 5.06. The van der Waals surface area contributed by atoms with E-state index in [2.05, 4.69) is 0 Å². The fourth-order valence-electron chi connectivity index (χ4n) is 1.06. The van der Waals surface area contributed by atoms with Gasteiger partial charge in [0.1, 0.15) is 12.3 Å². The second-order valence-electron chi connectivity index (χ2n) is 2.49. The summed E-state index contributed by atoms with van der Waals surface area (Å²) in [7, 11) is 0. The van der Waals surface area contributed by atoms with Crippen molar-refractivity contribution in [1.82, 2.24) is 0 Å². The average molecular weight is 136 g/mol. The van der Waals surface area contributed by atoms with Crippen LogP contribution in [-0.4, -0.2) is 23.6 Å². The maximum absolute atomic E-state index is 12.3. The molecule has 1 fully saturated rings. The summed E-state index contributed by atoms with van der Waals surface area (Å²) in [6.07, 6.45) is -2.85. The normalized spacial score (nSPS) is 45.0. The van der Waals surface area contributed by atoms with Crippen LogP contribution in [0.3, 0.4) is 0 Å². The van der Waals surface area contributed by atoms with Crippen molar-refractivity contribution in [3.8, 4) is 0 Å². The molecule has 0 radical (unpaired) electrons. The Morgan fingerprint density at radius 1 is 1.22 bits per heavy atom. The van der Waals surface area contributed by atoms with E-state index in [9.17, 15) is 8.78 Å². The summed E-state index contributed by atoms with van der Waals surface area (Å²) in [6.45, 7) is 0. The highest BCUT2D eigenvalue weighted by atomic mass is 19.1. The molecule has 0 aromatic carbocycles. The van der Waals surface area contributed by atoms with Crippen molar-refractivity contribution in [1.29, 1.82) is 0 Å². The molecule has 1 rings (SSSR count). The molecule has 54 valence electrons. The van der Waals surface area contributed by atoms with Crippen molar-refractivity contribution in [2.24, 2.45) is 0 Å².